The van der Waals surface area contributed by atoms with Crippen LogP contribution >= 0.6 is 0 Å². The van der Waals surface area contributed by atoms with Crippen molar-refractivity contribution in [3.05, 3.63) is 35.6 Å². The maximum Gasteiger partial charge on any atom is 0.140 e. The molecule has 1 heterocycles. The molecular weight excluding hydrogens is 219 g/mol. The Hall–Kier alpha value is -0.970. The van der Waals surface area contributed by atoms with Gasteiger partial charge in [-0.25, -0.2) is 4.39 Å². The molecule has 0 radical (unpaired) electrons. The second-order valence-corrected chi connectivity index (χ2v) is 4.70. The van der Waals surface area contributed by atoms with E-state index in [1.165, 1.54) is 11.0 Å². The van der Waals surface area contributed by atoms with Crippen LogP contribution in [-0.2, 0) is 6.54 Å². The van der Waals surface area contributed by atoms with Crippen molar-refractivity contribution in [2.24, 2.45) is 0 Å². The van der Waals surface area contributed by atoms with Gasteiger partial charge in [-0.05, 0) is 6.07 Å². The van der Waals surface area contributed by atoms with E-state index in [-0.39, 0.29) is 12.4 Å². The lowest BCUT2D eigenvalue weighted by atomic mass is 10.1. The summed E-state index contributed by atoms with van der Waals surface area (Å²) in [7, 11) is 0. The highest BCUT2D eigenvalue weighted by molar-refractivity contribution is 5.15. The van der Waals surface area contributed by atoms with Crippen molar-refractivity contribution in [3.63, 3.8) is 0 Å². The fourth-order valence-corrected chi connectivity index (χ4v) is 2.57. The summed E-state index contributed by atoms with van der Waals surface area (Å²) in [5, 5.41) is 11.3. The van der Waals surface area contributed by atoms with E-state index >= 15 is 0 Å². The van der Waals surface area contributed by atoms with Gasteiger partial charge in [-0.3, -0.25) is 0 Å². The Balaban J connectivity index is 2.03. The van der Waals surface area contributed by atoms with Gasteiger partial charge in [0.2, 0.25) is 0 Å². The van der Waals surface area contributed by atoms with E-state index in [1.807, 2.05) is 12.1 Å². The molecule has 1 fully saturated rings. The monoisotopic (exact) mass is 240 g/mol. The van der Waals surface area contributed by atoms with E-state index in [1.54, 1.807) is 6.07 Å². The van der Waals surface area contributed by atoms with Gasteiger partial charge in [0.25, 0.3) is 0 Å². The molecule has 1 aliphatic heterocycles. The number of halogens is 1. The van der Waals surface area contributed by atoms with Crippen LogP contribution in [0.2, 0.25) is 0 Å². The number of nitrogens with one attached hydrogen (secondary N) is 1. The zero-order chi connectivity index (χ0) is 12.1. The van der Waals surface area contributed by atoms with E-state index in [4.69, 9.17) is 5.11 Å². The van der Waals surface area contributed by atoms with Gasteiger partial charge >= 0.3 is 0 Å². The molecule has 0 amide bonds. The summed E-state index contributed by atoms with van der Waals surface area (Å²) in [4.78, 5) is 1.40. The van der Waals surface area contributed by atoms with Crippen molar-refractivity contribution in [2.45, 2.75) is 19.0 Å². The number of nitrogens with two attached hydrogens (primary N) is 1. The van der Waals surface area contributed by atoms with Crippen molar-refractivity contribution in [1.29, 1.82) is 0 Å². The van der Waals surface area contributed by atoms with Crippen molar-refractivity contribution in [3.8, 4) is 0 Å². The largest absolute Gasteiger partial charge is 0.396 e. The molecule has 0 saturated carbocycles. The number of benzene rings is 1. The SMILES string of the molecule is OCCC1C[NH2+]CC[NH+]1Cc1ccccc1F. The molecule has 0 aromatic heterocycles. The van der Waals surface area contributed by atoms with Gasteiger partial charge in [0, 0.05) is 18.6 Å². The zero-order valence-corrected chi connectivity index (χ0v) is 10.0. The van der Waals surface area contributed by atoms with Crippen LogP contribution in [0, 0.1) is 5.82 Å². The van der Waals surface area contributed by atoms with E-state index in [0.29, 0.717) is 6.04 Å². The van der Waals surface area contributed by atoms with Gasteiger partial charge in [-0.1, -0.05) is 18.2 Å². The minimum absolute atomic E-state index is 0.114. The molecule has 2 atom stereocenters. The Morgan fingerprint density at radius 1 is 1.41 bits per heavy atom. The van der Waals surface area contributed by atoms with Crippen LogP contribution in [0.5, 0.6) is 0 Å². The first-order chi connectivity index (χ1) is 8.31. The molecule has 1 aromatic carbocycles. The maximum absolute atomic E-state index is 13.6. The lowest BCUT2D eigenvalue weighted by molar-refractivity contribution is -0.982. The Morgan fingerprint density at radius 2 is 2.24 bits per heavy atom. The molecule has 0 spiro atoms. The van der Waals surface area contributed by atoms with Gasteiger partial charge in [0.15, 0.2) is 0 Å². The predicted molar refractivity (Wildman–Crippen MR) is 63.1 cm³/mol. The number of hydrogen-bond donors (Lipinski definition) is 3. The first-order valence-electron chi connectivity index (χ1n) is 6.31. The molecule has 2 rings (SSSR count). The molecule has 1 saturated heterocycles. The second-order valence-electron chi connectivity index (χ2n) is 4.70. The number of aliphatic hydroxyl groups excluding tert-OH is 1. The van der Waals surface area contributed by atoms with E-state index in [0.717, 1.165) is 38.2 Å². The predicted octanol–water partition coefficient (Wildman–Crippen LogP) is -1.46. The van der Waals surface area contributed by atoms with Gasteiger partial charge in [0.1, 0.15) is 38.0 Å². The Kier molecular flexibility index (Phi) is 4.48. The molecule has 3 nitrogen and oxygen atoms in total. The Labute approximate surface area is 101 Å². The Morgan fingerprint density at radius 3 is 3.00 bits per heavy atom. The van der Waals surface area contributed by atoms with Gasteiger partial charge < -0.3 is 15.3 Å². The summed E-state index contributed by atoms with van der Waals surface area (Å²) in [6.07, 6.45) is 0.806. The maximum atomic E-state index is 13.6. The first-order valence-corrected chi connectivity index (χ1v) is 6.31. The molecule has 94 valence electrons. The smallest absolute Gasteiger partial charge is 0.140 e. The number of quaternary nitrogens is 2. The highest BCUT2D eigenvalue weighted by atomic mass is 19.1. The summed E-state index contributed by atoms with van der Waals surface area (Å²) in [5.74, 6) is -0.114. The van der Waals surface area contributed by atoms with Crippen LogP contribution in [0.25, 0.3) is 0 Å². The first kappa shape index (κ1) is 12.5. The number of piperazine rings is 1. The lowest BCUT2D eigenvalue weighted by Gasteiger charge is -2.30. The van der Waals surface area contributed by atoms with Crippen LogP contribution in [0.4, 0.5) is 4.39 Å². The fourth-order valence-electron chi connectivity index (χ4n) is 2.57. The summed E-state index contributed by atoms with van der Waals surface area (Å²) >= 11 is 0. The molecule has 17 heavy (non-hydrogen) atoms. The van der Waals surface area contributed by atoms with Crippen LogP contribution in [-0.4, -0.2) is 37.4 Å². The number of aliphatic hydroxyl groups is 1. The third-order valence-corrected chi connectivity index (χ3v) is 3.55. The number of rotatable bonds is 4. The quantitative estimate of drug-likeness (QED) is 0.591. The third kappa shape index (κ3) is 3.25. The van der Waals surface area contributed by atoms with Crippen LogP contribution in [0.15, 0.2) is 24.3 Å². The molecule has 2 unspecified atom stereocenters. The van der Waals surface area contributed by atoms with Crippen molar-refractivity contribution in [2.75, 3.05) is 26.2 Å². The van der Waals surface area contributed by atoms with Crippen LogP contribution < -0.4 is 10.2 Å². The van der Waals surface area contributed by atoms with Crippen molar-refractivity contribution in [1.82, 2.24) is 0 Å². The number of hydrogen-bond acceptors (Lipinski definition) is 1. The van der Waals surface area contributed by atoms with Gasteiger partial charge in [-0.15, -0.1) is 0 Å². The van der Waals surface area contributed by atoms with E-state index < -0.39 is 0 Å². The zero-order valence-electron chi connectivity index (χ0n) is 10.0. The van der Waals surface area contributed by atoms with Gasteiger partial charge in [0.05, 0.1) is 0 Å². The van der Waals surface area contributed by atoms with Crippen molar-refractivity contribution >= 4 is 0 Å². The molecule has 4 N–H and O–H groups in total. The summed E-state index contributed by atoms with van der Waals surface area (Å²) in [5.41, 5.74) is 0.785. The van der Waals surface area contributed by atoms with Crippen LogP contribution in [0.3, 0.4) is 0 Å². The third-order valence-electron chi connectivity index (χ3n) is 3.55. The van der Waals surface area contributed by atoms with E-state index in [2.05, 4.69) is 5.32 Å². The average Bonchev–Trinajstić information content (AvgIpc) is 2.35. The topological polar surface area (TPSA) is 41.3 Å². The average molecular weight is 240 g/mol. The van der Waals surface area contributed by atoms with E-state index in [9.17, 15) is 4.39 Å². The lowest BCUT2D eigenvalue weighted by Crippen LogP contribution is -3.23. The minimum Gasteiger partial charge on any atom is -0.396 e. The second kappa shape index (κ2) is 6.10. The van der Waals surface area contributed by atoms with Crippen LogP contribution in [0.1, 0.15) is 12.0 Å². The molecule has 1 aliphatic rings. The highest BCUT2D eigenvalue weighted by Crippen LogP contribution is 2.04. The summed E-state index contributed by atoms with van der Waals surface area (Å²) in [6, 6.07) is 7.43. The summed E-state index contributed by atoms with van der Waals surface area (Å²) in [6.45, 7) is 4.11. The van der Waals surface area contributed by atoms with Gasteiger partial charge in [-0.2, -0.15) is 0 Å². The molecule has 4 heteroatoms. The Bertz CT molecular complexity index is 357. The highest BCUT2D eigenvalue weighted by Gasteiger charge is 2.28. The standard InChI is InChI=1S/C13H19FN2O/c14-13-4-2-1-3-11(13)10-16-7-6-15-9-12(16)5-8-17/h1-4,12,15,17H,5-10H2/p+2. The van der Waals surface area contributed by atoms with Crippen molar-refractivity contribution < 1.29 is 19.7 Å². The molecule has 0 aliphatic carbocycles. The summed E-state index contributed by atoms with van der Waals surface area (Å²) < 4.78 is 13.6. The normalized spacial score (nSPS) is 24.8. The molecule has 0 bridgehead atoms. The fraction of sp³-hybridized carbons (Fsp3) is 0.538. The molecular formula is C13H21FN2O+2. The molecule has 1 aromatic rings. The minimum atomic E-state index is -0.114.